The molecule has 0 aromatic rings. The largest absolute Gasteiger partial charge is 0.465 e. The first kappa shape index (κ1) is 10.2. The third-order valence-corrected chi connectivity index (χ3v) is 1.06. The van der Waals surface area contributed by atoms with E-state index in [1.165, 1.54) is 0 Å². The van der Waals surface area contributed by atoms with Gasteiger partial charge in [0.05, 0.1) is 12.7 Å². The average Bonchev–Trinajstić information content (AvgIpc) is 1.97. The highest BCUT2D eigenvalue weighted by Gasteiger charge is 2.02. The van der Waals surface area contributed by atoms with Crippen LogP contribution >= 0.6 is 0 Å². The van der Waals surface area contributed by atoms with E-state index in [4.69, 9.17) is 15.6 Å². The quantitative estimate of drug-likeness (QED) is 0.514. The minimum Gasteiger partial charge on any atom is -0.465 e. The van der Waals surface area contributed by atoms with Crippen molar-refractivity contribution in [3.63, 3.8) is 0 Å². The van der Waals surface area contributed by atoms with Crippen LogP contribution in [0.1, 0.15) is 6.92 Å². The fraction of sp³-hybridized carbons (Fsp3) is 0.833. The van der Waals surface area contributed by atoms with Gasteiger partial charge in [-0.3, -0.25) is 0 Å². The van der Waals surface area contributed by atoms with E-state index < -0.39 is 6.09 Å². The number of hydrogen-bond acceptors (Lipinski definition) is 3. The van der Waals surface area contributed by atoms with Crippen molar-refractivity contribution < 1.29 is 14.6 Å². The molecule has 0 fully saturated rings. The van der Waals surface area contributed by atoms with Crippen LogP contribution in [0.15, 0.2) is 0 Å². The normalized spacial score (nSPS) is 12.5. The van der Waals surface area contributed by atoms with E-state index >= 15 is 0 Å². The second-order valence-electron chi connectivity index (χ2n) is 2.16. The molecular formula is C6H14N2O3. The van der Waals surface area contributed by atoms with Crippen LogP contribution in [0.4, 0.5) is 4.79 Å². The summed E-state index contributed by atoms with van der Waals surface area (Å²) < 4.78 is 5.09. The Balaban J connectivity index is 3.22. The highest BCUT2D eigenvalue weighted by Crippen LogP contribution is 1.86. The number of rotatable bonds is 5. The number of carbonyl (C=O) groups is 1. The summed E-state index contributed by atoms with van der Waals surface area (Å²) in [6.07, 6.45) is -1.15. The maximum Gasteiger partial charge on any atom is 0.404 e. The van der Waals surface area contributed by atoms with Crippen LogP contribution in [0.3, 0.4) is 0 Å². The molecule has 0 saturated carbocycles. The van der Waals surface area contributed by atoms with Gasteiger partial charge in [-0.25, -0.2) is 4.79 Å². The summed E-state index contributed by atoms with van der Waals surface area (Å²) in [4.78, 5) is 9.99. The number of ether oxygens (including phenoxy) is 1. The Morgan fingerprint density at radius 2 is 2.45 bits per heavy atom. The van der Waals surface area contributed by atoms with Gasteiger partial charge < -0.3 is 20.9 Å². The number of nitrogens with two attached hydrogens (primary N) is 1. The Hall–Kier alpha value is -0.810. The molecule has 1 unspecified atom stereocenters. The van der Waals surface area contributed by atoms with Crippen molar-refractivity contribution in [3.05, 3.63) is 0 Å². The van der Waals surface area contributed by atoms with Crippen LogP contribution in [0.5, 0.6) is 0 Å². The van der Waals surface area contributed by atoms with Crippen molar-refractivity contribution in [2.24, 2.45) is 5.73 Å². The predicted octanol–water partition coefficient (Wildman–Crippen LogP) is -0.382. The van der Waals surface area contributed by atoms with E-state index in [9.17, 15) is 4.79 Å². The highest BCUT2D eigenvalue weighted by molar-refractivity contribution is 5.64. The summed E-state index contributed by atoms with van der Waals surface area (Å²) in [5, 5.41) is 10.4. The van der Waals surface area contributed by atoms with E-state index in [1.54, 1.807) is 6.92 Å². The third-order valence-electron chi connectivity index (χ3n) is 1.06. The molecule has 0 rings (SSSR count). The lowest BCUT2D eigenvalue weighted by molar-refractivity contribution is 0.0712. The molecule has 0 bridgehead atoms. The first-order valence-electron chi connectivity index (χ1n) is 3.45. The molecule has 1 amide bonds. The summed E-state index contributed by atoms with van der Waals surface area (Å²) in [5.41, 5.74) is 5.17. The number of carboxylic acid groups (broad SMARTS) is 1. The Kier molecular flexibility index (Phi) is 5.50. The Bertz CT molecular complexity index is 118. The molecule has 0 aromatic carbocycles. The molecule has 0 radical (unpaired) electrons. The topological polar surface area (TPSA) is 84.6 Å². The first-order valence-corrected chi connectivity index (χ1v) is 3.45. The Morgan fingerprint density at radius 3 is 2.91 bits per heavy atom. The number of nitrogens with one attached hydrogen (secondary N) is 1. The standard InChI is InChI=1S/C6H14N2O3/c1-5(11-3-2-7)4-8-6(9)10/h5,8H,2-4,7H2,1H3,(H,9,10). The smallest absolute Gasteiger partial charge is 0.404 e. The van der Waals surface area contributed by atoms with Crippen LogP contribution in [0.2, 0.25) is 0 Å². The Morgan fingerprint density at radius 1 is 1.82 bits per heavy atom. The fourth-order valence-corrected chi connectivity index (χ4v) is 0.559. The molecule has 11 heavy (non-hydrogen) atoms. The molecule has 5 nitrogen and oxygen atoms in total. The molecule has 0 aliphatic heterocycles. The minimum absolute atomic E-state index is 0.116. The molecular weight excluding hydrogens is 148 g/mol. The lowest BCUT2D eigenvalue weighted by Crippen LogP contribution is -2.31. The van der Waals surface area contributed by atoms with E-state index in [0.717, 1.165) is 0 Å². The molecule has 0 aliphatic rings. The van der Waals surface area contributed by atoms with Gasteiger partial charge in [-0.1, -0.05) is 0 Å². The van der Waals surface area contributed by atoms with Gasteiger partial charge in [0, 0.05) is 13.1 Å². The third kappa shape index (κ3) is 7.08. The van der Waals surface area contributed by atoms with Gasteiger partial charge >= 0.3 is 6.09 Å². The lowest BCUT2D eigenvalue weighted by Gasteiger charge is -2.11. The fourth-order valence-electron chi connectivity index (χ4n) is 0.559. The SMILES string of the molecule is CC(CNC(=O)O)OCCN. The molecule has 0 saturated heterocycles. The van der Waals surface area contributed by atoms with Gasteiger partial charge in [-0.2, -0.15) is 0 Å². The second-order valence-corrected chi connectivity index (χ2v) is 2.16. The number of amides is 1. The minimum atomic E-state index is -1.03. The lowest BCUT2D eigenvalue weighted by atomic mass is 10.4. The highest BCUT2D eigenvalue weighted by atomic mass is 16.5. The zero-order chi connectivity index (χ0) is 8.69. The first-order chi connectivity index (χ1) is 5.16. The number of hydrogen-bond donors (Lipinski definition) is 3. The monoisotopic (exact) mass is 162 g/mol. The summed E-state index contributed by atoms with van der Waals surface area (Å²) in [5.74, 6) is 0. The molecule has 0 heterocycles. The van der Waals surface area contributed by atoms with Crippen LogP contribution < -0.4 is 11.1 Å². The van der Waals surface area contributed by atoms with Crippen molar-refractivity contribution in [2.45, 2.75) is 13.0 Å². The summed E-state index contributed by atoms with van der Waals surface area (Å²) in [6.45, 7) is 3.00. The van der Waals surface area contributed by atoms with Crippen molar-refractivity contribution in [3.8, 4) is 0 Å². The molecule has 0 aromatic heterocycles. The van der Waals surface area contributed by atoms with Gasteiger partial charge in [0.2, 0.25) is 0 Å². The predicted molar refractivity (Wildman–Crippen MR) is 40.5 cm³/mol. The molecule has 0 aliphatic carbocycles. The van der Waals surface area contributed by atoms with Gasteiger partial charge in [0.1, 0.15) is 0 Å². The van der Waals surface area contributed by atoms with E-state index in [-0.39, 0.29) is 6.10 Å². The molecule has 66 valence electrons. The van der Waals surface area contributed by atoms with E-state index in [2.05, 4.69) is 5.32 Å². The van der Waals surface area contributed by atoms with Crippen molar-refractivity contribution in [1.82, 2.24) is 5.32 Å². The molecule has 1 atom stereocenters. The van der Waals surface area contributed by atoms with E-state index in [1.807, 2.05) is 0 Å². The molecule has 5 heteroatoms. The Labute approximate surface area is 65.5 Å². The van der Waals surface area contributed by atoms with Crippen molar-refractivity contribution in [1.29, 1.82) is 0 Å². The maximum atomic E-state index is 9.99. The summed E-state index contributed by atoms with van der Waals surface area (Å²) in [7, 11) is 0. The average molecular weight is 162 g/mol. The summed E-state index contributed by atoms with van der Waals surface area (Å²) >= 11 is 0. The summed E-state index contributed by atoms with van der Waals surface area (Å²) in [6, 6.07) is 0. The van der Waals surface area contributed by atoms with E-state index in [0.29, 0.717) is 19.7 Å². The van der Waals surface area contributed by atoms with Gasteiger partial charge in [-0.15, -0.1) is 0 Å². The second kappa shape index (κ2) is 5.94. The molecule has 4 N–H and O–H groups in total. The van der Waals surface area contributed by atoms with Crippen LogP contribution in [0, 0.1) is 0 Å². The van der Waals surface area contributed by atoms with Crippen LogP contribution in [0.25, 0.3) is 0 Å². The van der Waals surface area contributed by atoms with Crippen LogP contribution in [-0.2, 0) is 4.74 Å². The van der Waals surface area contributed by atoms with Crippen molar-refractivity contribution in [2.75, 3.05) is 19.7 Å². The van der Waals surface area contributed by atoms with Gasteiger partial charge in [0.25, 0.3) is 0 Å². The zero-order valence-corrected chi connectivity index (χ0v) is 6.54. The van der Waals surface area contributed by atoms with Crippen LogP contribution in [-0.4, -0.2) is 37.0 Å². The zero-order valence-electron chi connectivity index (χ0n) is 6.54. The van der Waals surface area contributed by atoms with Gasteiger partial charge in [0.15, 0.2) is 0 Å². The maximum absolute atomic E-state index is 9.99. The molecule has 0 spiro atoms. The van der Waals surface area contributed by atoms with Crippen molar-refractivity contribution >= 4 is 6.09 Å². The van der Waals surface area contributed by atoms with Gasteiger partial charge in [-0.05, 0) is 6.92 Å².